The maximum atomic E-state index is 6.15. The van der Waals surface area contributed by atoms with Gasteiger partial charge >= 0.3 is 0 Å². The van der Waals surface area contributed by atoms with Crippen LogP contribution in [0.1, 0.15) is 37.3 Å². The second-order valence-corrected chi connectivity index (χ2v) is 6.19. The first-order chi connectivity index (χ1) is 9.03. The van der Waals surface area contributed by atoms with Gasteiger partial charge in [-0.1, -0.05) is 19.9 Å². The van der Waals surface area contributed by atoms with Crippen molar-refractivity contribution in [2.45, 2.75) is 39.5 Å². The van der Waals surface area contributed by atoms with E-state index in [2.05, 4.69) is 45.1 Å². The fourth-order valence-corrected chi connectivity index (χ4v) is 3.22. The van der Waals surface area contributed by atoms with E-state index in [9.17, 15) is 0 Å². The number of aryl methyl sites for hydroxylation is 2. The van der Waals surface area contributed by atoms with Crippen LogP contribution in [0.2, 0.25) is 0 Å². The summed E-state index contributed by atoms with van der Waals surface area (Å²) in [6.07, 6.45) is 1.11. The van der Waals surface area contributed by atoms with E-state index in [0.717, 1.165) is 36.5 Å². The summed E-state index contributed by atoms with van der Waals surface area (Å²) in [5.41, 5.74) is 4.43. The topological polar surface area (TPSA) is 38.1 Å². The highest BCUT2D eigenvalue weighted by atomic mass is 16.3. The first-order valence-electron chi connectivity index (χ1n) is 7.12. The Morgan fingerprint density at radius 1 is 1.32 bits per heavy atom. The monoisotopic (exact) mass is 258 g/mol. The number of aromatic nitrogens is 1. The fraction of sp³-hybridized carbons (Fsp3) is 0.562. The van der Waals surface area contributed by atoms with Crippen LogP contribution in [0.15, 0.2) is 16.5 Å². The summed E-state index contributed by atoms with van der Waals surface area (Å²) in [5, 5.41) is 3.46. The number of hydrogen-bond donors (Lipinski definition) is 1. The second kappa shape index (κ2) is 4.34. The summed E-state index contributed by atoms with van der Waals surface area (Å²) >= 11 is 0. The maximum absolute atomic E-state index is 6.15. The predicted molar refractivity (Wildman–Crippen MR) is 77.5 cm³/mol. The van der Waals surface area contributed by atoms with Gasteiger partial charge in [0.05, 0.1) is 5.41 Å². The summed E-state index contributed by atoms with van der Waals surface area (Å²) in [5.74, 6) is 1.44. The summed E-state index contributed by atoms with van der Waals surface area (Å²) in [7, 11) is 0. The van der Waals surface area contributed by atoms with Crippen molar-refractivity contribution in [2.24, 2.45) is 5.92 Å². The van der Waals surface area contributed by atoms with E-state index in [0.29, 0.717) is 5.92 Å². The van der Waals surface area contributed by atoms with Gasteiger partial charge in [0.15, 0.2) is 5.58 Å². The second-order valence-electron chi connectivity index (χ2n) is 6.19. The lowest BCUT2D eigenvalue weighted by atomic mass is 9.76. The molecule has 19 heavy (non-hydrogen) atoms. The molecule has 1 fully saturated rings. The van der Waals surface area contributed by atoms with Gasteiger partial charge in [0.25, 0.3) is 0 Å². The van der Waals surface area contributed by atoms with E-state index in [-0.39, 0.29) is 5.41 Å². The molecule has 0 saturated carbocycles. The van der Waals surface area contributed by atoms with Crippen LogP contribution >= 0.6 is 0 Å². The molecule has 1 aromatic carbocycles. The first kappa shape index (κ1) is 12.7. The van der Waals surface area contributed by atoms with E-state index in [1.165, 1.54) is 11.1 Å². The SMILES string of the molecule is Cc1cc(C)c2oc(C3(C(C)C)CCNC3)nc2c1. The Bertz CT molecular complexity index is 606. The Morgan fingerprint density at radius 2 is 2.11 bits per heavy atom. The Morgan fingerprint density at radius 3 is 2.74 bits per heavy atom. The van der Waals surface area contributed by atoms with E-state index in [1.54, 1.807) is 0 Å². The number of nitrogens with one attached hydrogen (secondary N) is 1. The molecule has 2 heterocycles. The summed E-state index contributed by atoms with van der Waals surface area (Å²) in [6, 6.07) is 4.28. The highest BCUT2D eigenvalue weighted by molar-refractivity contribution is 5.77. The minimum atomic E-state index is 0.0549. The van der Waals surface area contributed by atoms with Crippen LogP contribution in [0.5, 0.6) is 0 Å². The summed E-state index contributed by atoms with van der Waals surface area (Å²) in [6.45, 7) is 10.7. The predicted octanol–water partition coefficient (Wildman–Crippen LogP) is 3.33. The van der Waals surface area contributed by atoms with Gasteiger partial charge in [-0.3, -0.25) is 0 Å². The van der Waals surface area contributed by atoms with Crippen molar-refractivity contribution in [3.05, 3.63) is 29.2 Å². The molecule has 102 valence electrons. The first-order valence-corrected chi connectivity index (χ1v) is 7.12. The smallest absolute Gasteiger partial charge is 0.203 e. The van der Waals surface area contributed by atoms with Gasteiger partial charge in [-0.05, 0) is 49.9 Å². The van der Waals surface area contributed by atoms with Gasteiger partial charge < -0.3 is 9.73 Å². The molecule has 0 spiro atoms. The molecule has 1 aliphatic rings. The zero-order chi connectivity index (χ0) is 13.6. The number of benzene rings is 1. The molecule has 1 N–H and O–H groups in total. The molecule has 2 aromatic rings. The van der Waals surface area contributed by atoms with Crippen molar-refractivity contribution in [2.75, 3.05) is 13.1 Å². The Kier molecular flexibility index (Phi) is 2.90. The molecular formula is C16H22N2O. The third kappa shape index (κ3) is 1.88. The highest BCUT2D eigenvalue weighted by Crippen LogP contribution is 2.39. The number of hydrogen-bond acceptors (Lipinski definition) is 3. The summed E-state index contributed by atoms with van der Waals surface area (Å²) < 4.78 is 6.15. The van der Waals surface area contributed by atoms with Crippen LogP contribution in [-0.4, -0.2) is 18.1 Å². The largest absolute Gasteiger partial charge is 0.440 e. The molecule has 1 aliphatic heterocycles. The Hall–Kier alpha value is -1.35. The normalized spacial score (nSPS) is 23.6. The van der Waals surface area contributed by atoms with Crippen molar-refractivity contribution in [1.82, 2.24) is 10.3 Å². The molecular weight excluding hydrogens is 236 g/mol. The minimum Gasteiger partial charge on any atom is -0.440 e. The van der Waals surface area contributed by atoms with Crippen LogP contribution in [0.25, 0.3) is 11.1 Å². The van der Waals surface area contributed by atoms with Gasteiger partial charge in [0, 0.05) is 6.54 Å². The lowest BCUT2D eigenvalue weighted by molar-refractivity contribution is 0.269. The number of nitrogens with zero attached hydrogens (tertiary/aromatic N) is 1. The highest BCUT2D eigenvalue weighted by Gasteiger charge is 2.43. The van der Waals surface area contributed by atoms with E-state index < -0.39 is 0 Å². The van der Waals surface area contributed by atoms with E-state index in [1.807, 2.05) is 0 Å². The molecule has 1 saturated heterocycles. The van der Waals surface area contributed by atoms with Crippen LogP contribution in [0, 0.1) is 19.8 Å². The molecule has 1 atom stereocenters. The van der Waals surface area contributed by atoms with Crippen molar-refractivity contribution >= 4 is 11.1 Å². The number of fused-ring (bicyclic) bond motifs is 1. The van der Waals surface area contributed by atoms with E-state index >= 15 is 0 Å². The zero-order valence-electron chi connectivity index (χ0n) is 12.2. The molecule has 1 aromatic heterocycles. The molecule has 1 unspecified atom stereocenters. The van der Waals surface area contributed by atoms with Crippen LogP contribution < -0.4 is 5.32 Å². The van der Waals surface area contributed by atoms with Crippen molar-refractivity contribution < 1.29 is 4.42 Å². The lowest BCUT2D eigenvalue weighted by Crippen LogP contribution is -2.35. The average molecular weight is 258 g/mol. The average Bonchev–Trinajstić information content (AvgIpc) is 2.93. The summed E-state index contributed by atoms with van der Waals surface area (Å²) in [4.78, 5) is 4.80. The van der Waals surface area contributed by atoms with Gasteiger partial charge in [0.1, 0.15) is 5.52 Å². The number of oxazole rings is 1. The molecule has 0 amide bonds. The fourth-order valence-electron chi connectivity index (χ4n) is 3.22. The van der Waals surface area contributed by atoms with Crippen molar-refractivity contribution in [1.29, 1.82) is 0 Å². The Labute approximate surface area is 114 Å². The van der Waals surface area contributed by atoms with Gasteiger partial charge in [0.2, 0.25) is 5.89 Å². The Balaban J connectivity index is 2.17. The molecule has 0 aliphatic carbocycles. The minimum absolute atomic E-state index is 0.0549. The van der Waals surface area contributed by atoms with Crippen molar-refractivity contribution in [3.63, 3.8) is 0 Å². The van der Waals surface area contributed by atoms with Crippen LogP contribution in [0.3, 0.4) is 0 Å². The molecule has 3 rings (SSSR count). The van der Waals surface area contributed by atoms with Crippen molar-refractivity contribution in [3.8, 4) is 0 Å². The number of rotatable bonds is 2. The maximum Gasteiger partial charge on any atom is 0.203 e. The molecule has 0 bridgehead atoms. The third-order valence-corrected chi connectivity index (χ3v) is 4.54. The zero-order valence-corrected chi connectivity index (χ0v) is 12.2. The third-order valence-electron chi connectivity index (χ3n) is 4.54. The lowest BCUT2D eigenvalue weighted by Gasteiger charge is -2.28. The quantitative estimate of drug-likeness (QED) is 0.898. The van der Waals surface area contributed by atoms with Crippen LogP contribution in [0.4, 0.5) is 0 Å². The molecule has 0 radical (unpaired) electrons. The molecule has 3 heteroatoms. The van der Waals surface area contributed by atoms with Gasteiger partial charge in [-0.2, -0.15) is 0 Å². The van der Waals surface area contributed by atoms with E-state index in [4.69, 9.17) is 9.40 Å². The standard InChI is InChI=1S/C16H22N2O/c1-10(2)16(5-6-17-9-16)15-18-13-8-11(3)7-12(4)14(13)19-15/h7-8,10,17H,5-6,9H2,1-4H3. The van der Waals surface area contributed by atoms with Gasteiger partial charge in [-0.15, -0.1) is 0 Å². The van der Waals surface area contributed by atoms with Gasteiger partial charge in [-0.25, -0.2) is 4.98 Å². The molecule has 3 nitrogen and oxygen atoms in total. The van der Waals surface area contributed by atoms with Crippen LogP contribution in [-0.2, 0) is 5.41 Å².